The van der Waals surface area contributed by atoms with Crippen LogP contribution >= 0.6 is 0 Å². The first-order chi connectivity index (χ1) is 6.84. The van der Waals surface area contributed by atoms with Gasteiger partial charge in [0.15, 0.2) is 0 Å². The van der Waals surface area contributed by atoms with Gasteiger partial charge in [-0.3, -0.25) is 4.84 Å². The molecule has 2 N–H and O–H groups in total. The lowest BCUT2D eigenvalue weighted by atomic mass is 9.66. The Morgan fingerprint density at radius 2 is 1.93 bits per heavy atom. The summed E-state index contributed by atoms with van der Waals surface area (Å²) in [6.45, 7) is 12.8. The third-order valence-corrected chi connectivity index (χ3v) is 4.22. The largest absolute Gasteiger partial charge is 0.327 e. The van der Waals surface area contributed by atoms with Gasteiger partial charge in [0.25, 0.3) is 0 Å². The van der Waals surface area contributed by atoms with E-state index in [0.717, 1.165) is 26.0 Å². The van der Waals surface area contributed by atoms with Crippen molar-refractivity contribution in [3.63, 3.8) is 0 Å². The third-order valence-electron chi connectivity index (χ3n) is 4.22. The van der Waals surface area contributed by atoms with E-state index in [2.05, 4.69) is 39.7 Å². The van der Waals surface area contributed by atoms with Gasteiger partial charge in [-0.25, -0.2) is 0 Å². The fraction of sp³-hybridized carbons (Fsp3) is 1.00. The quantitative estimate of drug-likeness (QED) is 0.782. The zero-order valence-electron chi connectivity index (χ0n) is 10.8. The Kier molecular flexibility index (Phi) is 3.80. The van der Waals surface area contributed by atoms with Crippen molar-refractivity contribution in [2.24, 2.45) is 11.1 Å². The normalized spacial score (nSPS) is 30.4. The smallest absolute Gasteiger partial charge is 0.0682 e. The zero-order chi connectivity index (χ0) is 11.7. The number of hydrogen-bond acceptors (Lipinski definition) is 3. The minimum Gasteiger partial charge on any atom is -0.327 e. The second-order valence-electron chi connectivity index (χ2n) is 5.61. The van der Waals surface area contributed by atoms with E-state index in [4.69, 9.17) is 10.6 Å². The van der Waals surface area contributed by atoms with Crippen molar-refractivity contribution in [3.05, 3.63) is 0 Å². The molecule has 0 aliphatic carbocycles. The molecule has 0 aromatic carbocycles. The Labute approximate surface area is 93.9 Å². The summed E-state index contributed by atoms with van der Waals surface area (Å²) in [4.78, 5) is 5.81. The average molecular weight is 214 g/mol. The third kappa shape index (κ3) is 2.19. The predicted molar refractivity (Wildman–Crippen MR) is 63.4 cm³/mol. The second-order valence-corrected chi connectivity index (χ2v) is 5.61. The summed E-state index contributed by atoms with van der Waals surface area (Å²) in [5, 5.41) is 2.12. The lowest BCUT2D eigenvalue weighted by Gasteiger charge is -2.55. The summed E-state index contributed by atoms with van der Waals surface area (Å²) >= 11 is 0. The van der Waals surface area contributed by atoms with Crippen LogP contribution in [0.1, 0.15) is 47.5 Å². The van der Waals surface area contributed by atoms with E-state index in [1.807, 2.05) is 0 Å². The van der Waals surface area contributed by atoms with Crippen LogP contribution < -0.4 is 5.73 Å². The SMILES string of the molecule is CCCON1CCC(N)C(C)(C)C1(C)C. The molecule has 1 aliphatic rings. The van der Waals surface area contributed by atoms with Crippen molar-refractivity contribution in [3.8, 4) is 0 Å². The molecule has 0 radical (unpaired) electrons. The maximum atomic E-state index is 6.20. The highest BCUT2D eigenvalue weighted by molar-refractivity contribution is 5.02. The Bertz CT molecular complexity index is 212. The van der Waals surface area contributed by atoms with Gasteiger partial charge in [0.05, 0.1) is 6.61 Å². The molecule has 3 heteroatoms. The van der Waals surface area contributed by atoms with Crippen LogP contribution in [0.3, 0.4) is 0 Å². The first-order valence-electron chi connectivity index (χ1n) is 6.00. The molecule has 90 valence electrons. The van der Waals surface area contributed by atoms with Crippen LogP contribution in [0.5, 0.6) is 0 Å². The second kappa shape index (κ2) is 4.40. The van der Waals surface area contributed by atoms with Crippen molar-refractivity contribution in [2.75, 3.05) is 13.2 Å². The average Bonchev–Trinajstić information content (AvgIpc) is 2.14. The van der Waals surface area contributed by atoms with Crippen molar-refractivity contribution in [2.45, 2.75) is 59.0 Å². The summed E-state index contributed by atoms with van der Waals surface area (Å²) in [6.07, 6.45) is 2.07. The van der Waals surface area contributed by atoms with Gasteiger partial charge in [0, 0.05) is 23.5 Å². The first-order valence-corrected chi connectivity index (χ1v) is 6.00. The monoisotopic (exact) mass is 214 g/mol. The first kappa shape index (κ1) is 12.9. The molecular formula is C12H26N2O. The molecule has 15 heavy (non-hydrogen) atoms. The zero-order valence-corrected chi connectivity index (χ0v) is 10.8. The van der Waals surface area contributed by atoms with Gasteiger partial charge in [-0.2, -0.15) is 5.06 Å². The summed E-state index contributed by atoms with van der Waals surface area (Å²) in [5.41, 5.74) is 6.28. The number of rotatable bonds is 3. The van der Waals surface area contributed by atoms with Crippen molar-refractivity contribution in [1.82, 2.24) is 5.06 Å². The van der Waals surface area contributed by atoms with Crippen molar-refractivity contribution in [1.29, 1.82) is 0 Å². The molecule has 1 rings (SSSR count). The van der Waals surface area contributed by atoms with Crippen LogP contribution in [-0.4, -0.2) is 29.8 Å². The predicted octanol–water partition coefficient (Wildman–Crippen LogP) is 2.17. The highest BCUT2D eigenvalue weighted by atomic mass is 16.7. The maximum Gasteiger partial charge on any atom is 0.0682 e. The summed E-state index contributed by atoms with van der Waals surface area (Å²) in [7, 11) is 0. The van der Waals surface area contributed by atoms with Gasteiger partial charge in [-0.05, 0) is 26.7 Å². The Hall–Kier alpha value is -0.120. The number of hydroxylamine groups is 2. The Morgan fingerprint density at radius 3 is 2.47 bits per heavy atom. The van der Waals surface area contributed by atoms with E-state index >= 15 is 0 Å². The maximum absolute atomic E-state index is 6.20. The van der Waals surface area contributed by atoms with E-state index in [1.54, 1.807) is 0 Å². The molecular weight excluding hydrogens is 188 g/mol. The molecule has 0 saturated carbocycles. The summed E-state index contributed by atoms with van der Waals surface area (Å²) in [6, 6.07) is 0.258. The van der Waals surface area contributed by atoms with E-state index in [0.29, 0.717) is 0 Å². The minimum atomic E-state index is -0.000162. The highest BCUT2D eigenvalue weighted by Crippen LogP contribution is 2.42. The van der Waals surface area contributed by atoms with Gasteiger partial charge in [-0.1, -0.05) is 20.8 Å². The number of nitrogens with zero attached hydrogens (tertiary/aromatic N) is 1. The van der Waals surface area contributed by atoms with Crippen LogP contribution in [0.4, 0.5) is 0 Å². The van der Waals surface area contributed by atoms with E-state index in [-0.39, 0.29) is 17.0 Å². The molecule has 0 aromatic heterocycles. The number of nitrogens with two attached hydrogens (primary N) is 1. The van der Waals surface area contributed by atoms with Crippen LogP contribution in [0.2, 0.25) is 0 Å². The van der Waals surface area contributed by atoms with Gasteiger partial charge < -0.3 is 5.73 Å². The molecule has 1 atom stereocenters. The molecule has 1 saturated heterocycles. The molecule has 3 nitrogen and oxygen atoms in total. The molecule has 1 fully saturated rings. The van der Waals surface area contributed by atoms with Crippen LogP contribution in [0, 0.1) is 5.41 Å². The van der Waals surface area contributed by atoms with E-state index < -0.39 is 0 Å². The van der Waals surface area contributed by atoms with Crippen molar-refractivity contribution >= 4 is 0 Å². The standard InChI is InChI=1S/C12H26N2O/c1-6-9-15-14-8-7-10(13)11(2,3)12(14,4)5/h10H,6-9,13H2,1-5H3. The van der Waals surface area contributed by atoms with E-state index in [9.17, 15) is 0 Å². The van der Waals surface area contributed by atoms with Gasteiger partial charge in [0.1, 0.15) is 0 Å². The lowest BCUT2D eigenvalue weighted by molar-refractivity contribution is -0.261. The Morgan fingerprint density at radius 1 is 1.33 bits per heavy atom. The molecule has 0 bridgehead atoms. The molecule has 1 heterocycles. The molecule has 0 spiro atoms. The lowest BCUT2D eigenvalue weighted by Crippen LogP contribution is -2.65. The van der Waals surface area contributed by atoms with Crippen molar-refractivity contribution < 1.29 is 4.84 Å². The van der Waals surface area contributed by atoms with E-state index in [1.165, 1.54) is 0 Å². The summed E-state index contributed by atoms with van der Waals surface area (Å²) in [5.74, 6) is 0. The minimum absolute atomic E-state index is 0.000162. The fourth-order valence-corrected chi connectivity index (χ4v) is 2.10. The Balaban J connectivity index is 2.76. The number of hydrogen-bond donors (Lipinski definition) is 1. The van der Waals surface area contributed by atoms with Crippen LogP contribution in [-0.2, 0) is 4.84 Å². The van der Waals surface area contributed by atoms with Gasteiger partial charge in [0.2, 0.25) is 0 Å². The van der Waals surface area contributed by atoms with Crippen LogP contribution in [0.15, 0.2) is 0 Å². The van der Waals surface area contributed by atoms with Gasteiger partial charge in [-0.15, -0.1) is 0 Å². The summed E-state index contributed by atoms with van der Waals surface area (Å²) < 4.78 is 0. The topological polar surface area (TPSA) is 38.5 Å². The number of piperidine rings is 1. The fourth-order valence-electron chi connectivity index (χ4n) is 2.10. The van der Waals surface area contributed by atoms with Crippen LogP contribution in [0.25, 0.3) is 0 Å². The van der Waals surface area contributed by atoms with Gasteiger partial charge >= 0.3 is 0 Å². The molecule has 1 unspecified atom stereocenters. The molecule has 1 aliphatic heterocycles. The highest BCUT2D eigenvalue weighted by Gasteiger charge is 2.49. The molecule has 0 amide bonds. The molecule has 0 aromatic rings.